The highest BCUT2D eigenvalue weighted by molar-refractivity contribution is 9.11. The van der Waals surface area contributed by atoms with Gasteiger partial charge in [0.15, 0.2) is 0 Å². The Balaban J connectivity index is 3.06. The third-order valence-corrected chi connectivity index (χ3v) is 2.78. The van der Waals surface area contributed by atoms with E-state index in [-0.39, 0.29) is 11.6 Å². The predicted octanol–water partition coefficient (Wildman–Crippen LogP) is 3.28. The lowest BCUT2D eigenvalue weighted by molar-refractivity contribution is 0.325. The van der Waals surface area contributed by atoms with E-state index in [0.29, 0.717) is 21.1 Å². The van der Waals surface area contributed by atoms with Gasteiger partial charge in [0.25, 0.3) is 0 Å². The van der Waals surface area contributed by atoms with Gasteiger partial charge in [0, 0.05) is 5.56 Å². The van der Waals surface area contributed by atoms with Gasteiger partial charge in [0.2, 0.25) is 5.90 Å². The van der Waals surface area contributed by atoms with Crippen molar-refractivity contribution in [3.63, 3.8) is 0 Å². The Labute approximate surface area is 98.9 Å². The van der Waals surface area contributed by atoms with Crippen LogP contribution in [0.2, 0.25) is 0 Å². The molecular formula is C9H9Br2NO2. The molecule has 0 aliphatic heterocycles. The molecule has 0 spiro atoms. The Hall–Kier alpha value is -0.550. The smallest absolute Gasteiger partial charge is 0.213 e. The summed E-state index contributed by atoms with van der Waals surface area (Å²) in [5.74, 6) is 0.215. The molecule has 2 N–H and O–H groups in total. The molecule has 0 aromatic heterocycles. The number of benzene rings is 1. The maximum absolute atomic E-state index is 9.44. The van der Waals surface area contributed by atoms with Crippen molar-refractivity contribution in [2.75, 3.05) is 6.61 Å². The largest absolute Gasteiger partial charge is 0.506 e. The van der Waals surface area contributed by atoms with Crippen molar-refractivity contribution >= 4 is 37.8 Å². The number of rotatable bonds is 2. The first kappa shape index (κ1) is 11.5. The van der Waals surface area contributed by atoms with Gasteiger partial charge in [-0.25, -0.2) is 0 Å². The summed E-state index contributed by atoms with van der Waals surface area (Å²) in [7, 11) is 0. The van der Waals surface area contributed by atoms with Crippen LogP contribution in [0.25, 0.3) is 0 Å². The van der Waals surface area contributed by atoms with Gasteiger partial charge in [-0.1, -0.05) is 0 Å². The van der Waals surface area contributed by atoms with Gasteiger partial charge in [-0.05, 0) is 50.9 Å². The van der Waals surface area contributed by atoms with E-state index in [9.17, 15) is 5.11 Å². The van der Waals surface area contributed by atoms with Crippen molar-refractivity contribution in [3.05, 3.63) is 26.6 Å². The van der Waals surface area contributed by atoms with Crippen molar-refractivity contribution in [2.24, 2.45) is 0 Å². The predicted molar refractivity (Wildman–Crippen MR) is 62.0 cm³/mol. The maximum atomic E-state index is 9.44. The Morgan fingerprint density at radius 1 is 1.43 bits per heavy atom. The number of hydrogen-bond acceptors (Lipinski definition) is 3. The molecule has 76 valence electrons. The average molecular weight is 323 g/mol. The van der Waals surface area contributed by atoms with Crippen LogP contribution in [0.1, 0.15) is 12.5 Å². The van der Waals surface area contributed by atoms with Gasteiger partial charge in [-0.2, -0.15) is 0 Å². The van der Waals surface area contributed by atoms with Crippen LogP contribution in [0.15, 0.2) is 21.1 Å². The summed E-state index contributed by atoms with van der Waals surface area (Å²) in [6.45, 7) is 2.27. The Morgan fingerprint density at radius 2 is 1.93 bits per heavy atom. The van der Waals surface area contributed by atoms with E-state index in [1.165, 1.54) is 0 Å². The summed E-state index contributed by atoms with van der Waals surface area (Å²) >= 11 is 6.37. The Kier molecular flexibility index (Phi) is 3.95. The minimum Gasteiger partial charge on any atom is -0.506 e. The van der Waals surface area contributed by atoms with Crippen molar-refractivity contribution in [1.29, 1.82) is 5.41 Å². The maximum Gasteiger partial charge on any atom is 0.213 e. The lowest BCUT2D eigenvalue weighted by Gasteiger charge is -2.07. The van der Waals surface area contributed by atoms with Gasteiger partial charge in [0.05, 0.1) is 15.6 Å². The zero-order chi connectivity index (χ0) is 10.7. The molecule has 0 atom stereocenters. The van der Waals surface area contributed by atoms with Crippen LogP contribution < -0.4 is 0 Å². The second-order valence-electron chi connectivity index (χ2n) is 2.55. The van der Waals surface area contributed by atoms with E-state index < -0.39 is 0 Å². The fourth-order valence-corrected chi connectivity index (χ4v) is 2.11. The van der Waals surface area contributed by atoms with Crippen LogP contribution in [0.4, 0.5) is 0 Å². The van der Waals surface area contributed by atoms with Crippen LogP contribution in [0.5, 0.6) is 5.75 Å². The topological polar surface area (TPSA) is 53.3 Å². The van der Waals surface area contributed by atoms with Gasteiger partial charge in [-0.15, -0.1) is 0 Å². The minimum absolute atomic E-state index is 0.0916. The summed E-state index contributed by atoms with van der Waals surface area (Å²) in [6.07, 6.45) is 0. The zero-order valence-electron chi connectivity index (χ0n) is 7.47. The second kappa shape index (κ2) is 4.79. The molecular weight excluding hydrogens is 314 g/mol. The molecule has 0 radical (unpaired) electrons. The van der Waals surface area contributed by atoms with E-state index in [1.54, 1.807) is 12.1 Å². The monoisotopic (exact) mass is 321 g/mol. The summed E-state index contributed by atoms with van der Waals surface area (Å²) in [4.78, 5) is 0. The molecule has 1 rings (SSSR count). The minimum atomic E-state index is 0.0916. The standard InChI is InChI=1S/C9H9Br2NO2/c1-2-14-9(12)5-3-6(10)8(13)7(11)4-5/h3-4,12-13H,2H2,1H3. The summed E-state index contributed by atoms with van der Waals surface area (Å²) in [6, 6.07) is 3.27. The quantitative estimate of drug-likeness (QED) is 0.648. The van der Waals surface area contributed by atoms with Crippen molar-refractivity contribution in [3.8, 4) is 5.75 Å². The summed E-state index contributed by atoms with van der Waals surface area (Å²) < 4.78 is 6.11. The highest BCUT2D eigenvalue weighted by atomic mass is 79.9. The third kappa shape index (κ3) is 2.48. The number of nitrogens with one attached hydrogen (secondary N) is 1. The van der Waals surface area contributed by atoms with E-state index in [2.05, 4.69) is 31.9 Å². The molecule has 0 heterocycles. The number of hydrogen-bond donors (Lipinski definition) is 2. The van der Waals surface area contributed by atoms with Gasteiger partial charge in [-0.3, -0.25) is 5.41 Å². The molecule has 1 aromatic rings. The molecule has 0 saturated heterocycles. The van der Waals surface area contributed by atoms with Gasteiger partial charge >= 0.3 is 0 Å². The summed E-state index contributed by atoms with van der Waals surface area (Å²) in [5, 5.41) is 17.0. The lowest BCUT2D eigenvalue weighted by atomic mass is 10.2. The Morgan fingerprint density at radius 3 is 2.36 bits per heavy atom. The van der Waals surface area contributed by atoms with Crippen LogP contribution in [-0.4, -0.2) is 17.6 Å². The van der Waals surface area contributed by atoms with Crippen LogP contribution >= 0.6 is 31.9 Å². The SMILES string of the molecule is CCOC(=N)c1cc(Br)c(O)c(Br)c1. The van der Waals surface area contributed by atoms with E-state index >= 15 is 0 Å². The normalized spacial score (nSPS) is 9.93. The number of aromatic hydroxyl groups is 1. The van der Waals surface area contributed by atoms with Crippen molar-refractivity contribution in [1.82, 2.24) is 0 Å². The fourth-order valence-electron chi connectivity index (χ4n) is 0.924. The molecule has 0 bridgehead atoms. The number of phenolic OH excluding ortho intramolecular Hbond substituents is 1. The first-order valence-corrected chi connectivity index (χ1v) is 5.54. The Bertz CT molecular complexity index is 343. The van der Waals surface area contributed by atoms with Crippen molar-refractivity contribution < 1.29 is 9.84 Å². The number of ether oxygens (including phenoxy) is 1. The highest BCUT2D eigenvalue weighted by Gasteiger charge is 2.09. The lowest BCUT2D eigenvalue weighted by Crippen LogP contribution is -2.04. The molecule has 0 fully saturated rings. The van der Waals surface area contributed by atoms with Crippen LogP contribution in [0.3, 0.4) is 0 Å². The first-order chi connectivity index (χ1) is 6.56. The molecule has 0 aliphatic rings. The van der Waals surface area contributed by atoms with Crippen LogP contribution in [0, 0.1) is 5.41 Å². The summed E-state index contributed by atoms with van der Waals surface area (Å²) in [5.41, 5.74) is 0.614. The molecule has 5 heteroatoms. The highest BCUT2D eigenvalue weighted by Crippen LogP contribution is 2.33. The van der Waals surface area contributed by atoms with Crippen molar-refractivity contribution in [2.45, 2.75) is 6.92 Å². The number of phenols is 1. The van der Waals surface area contributed by atoms with E-state index in [1.807, 2.05) is 6.92 Å². The zero-order valence-corrected chi connectivity index (χ0v) is 10.6. The first-order valence-electron chi connectivity index (χ1n) is 3.96. The molecule has 0 unspecified atom stereocenters. The molecule has 1 aromatic carbocycles. The average Bonchev–Trinajstić information content (AvgIpc) is 2.13. The second-order valence-corrected chi connectivity index (χ2v) is 4.26. The molecule has 3 nitrogen and oxygen atoms in total. The van der Waals surface area contributed by atoms with Crippen LogP contribution in [-0.2, 0) is 4.74 Å². The number of halogens is 2. The molecule has 14 heavy (non-hydrogen) atoms. The molecule has 0 amide bonds. The van der Waals surface area contributed by atoms with Gasteiger partial charge in [0.1, 0.15) is 5.75 Å². The fraction of sp³-hybridized carbons (Fsp3) is 0.222. The van der Waals surface area contributed by atoms with E-state index in [4.69, 9.17) is 10.1 Å². The van der Waals surface area contributed by atoms with Gasteiger partial charge < -0.3 is 9.84 Å². The molecule has 0 aliphatic carbocycles. The van der Waals surface area contributed by atoms with E-state index in [0.717, 1.165) is 0 Å². The molecule has 0 saturated carbocycles. The third-order valence-electron chi connectivity index (χ3n) is 1.57.